The molecule has 0 saturated heterocycles. The number of pyridine rings is 1. The van der Waals surface area contributed by atoms with E-state index in [1.807, 2.05) is 0 Å². The minimum absolute atomic E-state index is 0.385. The number of aromatic nitrogens is 1. The van der Waals surface area contributed by atoms with Crippen LogP contribution in [0, 0.1) is 11.7 Å². The summed E-state index contributed by atoms with van der Waals surface area (Å²) < 4.78 is 13.0. The van der Waals surface area contributed by atoms with Crippen molar-refractivity contribution in [3.05, 3.63) is 29.8 Å². The van der Waals surface area contributed by atoms with E-state index in [2.05, 4.69) is 24.1 Å². The van der Waals surface area contributed by atoms with Gasteiger partial charge in [0, 0.05) is 18.3 Å². The molecule has 16 heavy (non-hydrogen) atoms. The first-order valence-corrected chi connectivity index (χ1v) is 5.46. The molecule has 0 spiro atoms. The Hall–Kier alpha value is -1.00. The van der Waals surface area contributed by atoms with E-state index in [9.17, 15) is 9.50 Å². The topological polar surface area (TPSA) is 45.1 Å². The Kier molecular flexibility index (Phi) is 4.38. The normalized spacial score (nSPS) is 15.1. The molecule has 0 amide bonds. The first-order chi connectivity index (χ1) is 7.42. The van der Waals surface area contributed by atoms with Crippen LogP contribution in [0.3, 0.4) is 0 Å². The maximum atomic E-state index is 13.0. The van der Waals surface area contributed by atoms with Crippen molar-refractivity contribution in [2.24, 2.45) is 5.92 Å². The van der Waals surface area contributed by atoms with Crippen LogP contribution in [0.4, 0.5) is 4.39 Å². The molecule has 1 aromatic rings. The number of halogens is 1. The number of aliphatic hydroxyl groups is 1. The summed E-state index contributed by atoms with van der Waals surface area (Å²) in [5.74, 6) is 0.0862. The molecule has 0 bridgehead atoms. The highest BCUT2D eigenvalue weighted by atomic mass is 19.1. The third-order valence-corrected chi connectivity index (χ3v) is 2.35. The van der Waals surface area contributed by atoms with Crippen LogP contribution < -0.4 is 5.32 Å². The van der Waals surface area contributed by atoms with E-state index >= 15 is 0 Å². The fraction of sp³-hybridized carbons (Fsp3) is 0.583. The Morgan fingerprint density at radius 1 is 1.50 bits per heavy atom. The lowest BCUT2D eigenvalue weighted by Crippen LogP contribution is -2.37. The fourth-order valence-electron chi connectivity index (χ4n) is 1.41. The molecular weight excluding hydrogens is 207 g/mol. The second-order valence-electron chi connectivity index (χ2n) is 4.69. The molecular formula is C12H19FN2O. The number of rotatable bonds is 5. The van der Waals surface area contributed by atoms with Crippen LogP contribution in [0.5, 0.6) is 0 Å². The first-order valence-electron chi connectivity index (χ1n) is 5.46. The summed E-state index contributed by atoms with van der Waals surface area (Å²) in [6.07, 6.45) is 2.61. The molecule has 1 unspecified atom stereocenters. The molecule has 0 aliphatic heterocycles. The van der Waals surface area contributed by atoms with Gasteiger partial charge in [0.15, 0.2) is 0 Å². The minimum Gasteiger partial charge on any atom is -0.384 e. The van der Waals surface area contributed by atoms with Gasteiger partial charge in [-0.2, -0.15) is 0 Å². The quantitative estimate of drug-likeness (QED) is 0.803. The van der Waals surface area contributed by atoms with Gasteiger partial charge in [-0.15, -0.1) is 0 Å². The molecule has 1 heterocycles. The number of nitrogens with zero attached hydrogens (tertiary/aromatic N) is 1. The largest absolute Gasteiger partial charge is 0.384 e. The summed E-state index contributed by atoms with van der Waals surface area (Å²) in [6, 6.07) is 1.31. The SMILES string of the molecule is CC(C)CNCC(C)(O)c1cncc(F)c1. The highest BCUT2D eigenvalue weighted by molar-refractivity contribution is 5.18. The van der Waals surface area contributed by atoms with Gasteiger partial charge in [0.2, 0.25) is 0 Å². The van der Waals surface area contributed by atoms with Crippen LogP contribution in [0.15, 0.2) is 18.5 Å². The Morgan fingerprint density at radius 3 is 2.75 bits per heavy atom. The Bertz CT molecular complexity index is 340. The van der Waals surface area contributed by atoms with E-state index in [4.69, 9.17) is 0 Å². The Balaban J connectivity index is 2.62. The van der Waals surface area contributed by atoms with Gasteiger partial charge < -0.3 is 10.4 Å². The molecule has 3 nitrogen and oxygen atoms in total. The average Bonchev–Trinajstić information content (AvgIpc) is 2.16. The van der Waals surface area contributed by atoms with E-state index in [-0.39, 0.29) is 0 Å². The molecule has 0 radical (unpaired) electrons. The zero-order valence-corrected chi connectivity index (χ0v) is 10.00. The molecule has 4 heteroatoms. The second-order valence-corrected chi connectivity index (χ2v) is 4.69. The number of hydrogen-bond donors (Lipinski definition) is 2. The highest BCUT2D eigenvalue weighted by Gasteiger charge is 2.23. The third kappa shape index (κ3) is 3.87. The van der Waals surface area contributed by atoms with Crippen LogP contribution in [0.25, 0.3) is 0 Å². The van der Waals surface area contributed by atoms with E-state index in [0.29, 0.717) is 18.0 Å². The van der Waals surface area contributed by atoms with E-state index in [0.717, 1.165) is 12.7 Å². The van der Waals surface area contributed by atoms with Gasteiger partial charge in [0.25, 0.3) is 0 Å². The Morgan fingerprint density at radius 2 is 2.19 bits per heavy atom. The number of nitrogens with one attached hydrogen (secondary N) is 1. The maximum absolute atomic E-state index is 13.0. The number of hydrogen-bond acceptors (Lipinski definition) is 3. The first kappa shape index (κ1) is 13.1. The summed E-state index contributed by atoms with van der Waals surface area (Å²) in [6.45, 7) is 7.03. The van der Waals surface area contributed by atoms with Crippen LogP contribution in [0.1, 0.15) is 26.3 Å². The monoisotopic (exact) mass is 226 g/mol. The lowest BCUT2D eigenvalue weighted by Gasteiger charge is -2.24. The summed E-state index contributed by atoms with van der Waals surface area (Å²) in [4.78, 5) is 3.73. The van der Waals surface area contributed by atoms with Crippen LogP contribution in [0.2, 0.25) is 0 Å². The van der Waals surface area contributed by atoms with Gasteiger partial charge in [-0.25, -0.2) is 4.39 Å². The predicted octanol–water partition coefficient (Wildman–Crippen LogP) is 1.67. The molecule has 1 atom stereocenters. The molecule has 1 rings (SSSR count). The van der Waals surface area contributed by atoms with Gasteiger partial charge in [-0.1, -0.05) is 13.8 Å². The van der Waals surface area contributed by atoms with E-state index < -0.39 is 11.4 Å². The molecule has 0 fully saturated rings. The van der Waals surface area contributed by atoms with Crippen molar-refractivity contribution in [1.29, 1.82) is 0 Å². The lowest BCUT2D eigenvalue weighted by atomic mass is 9.97. The van der Waals surface area contributed by atoms with Crippen molar-refractivity contribution in [3.8, 4) is 0 Å². The molecule has 90 valence electrons. The van der Waals surface area contributed by atoms with Gasteiger partial charge in [-0.05, 0) is 25.5 Å². The zero-order valence-electron chi connectivity index (χ0n) is 10.00. The molecule has 0 aromatic carbocycles. The van der Waals surface area contributed by atoms with E-state index in [1.54, 1.807) is 6.92 Å². The lowest BCUT2D eigenvalue weighted by molar-refractivity contribution is 0.0557. The zero-order chi connectivity index (χ0) is 12.2. The van der Waals surface area contributed by atoms with Crippen LogP contribution in [-0.4, -0.2) is 23.2 Å². The van der Waals surface area contributed by atoms with Gasteiger partial charge >= 0.3 is 0 Å². The summed E-state index contributed by atoms with van der Waals surface area (Å²) in [5.41, 5.74) is -0.604. The molecule has 0 aliphatic carbocycles. The van der Waals surface area contributed by atoms with Gasteiger partial charge in [0.05, 0.1) is 6.20 Å². The standard InChI is InChI=1S/C12H19FN2O/c1-9(2)5-15-8-12(3,16)10-4-11(13)7-14-6-10/h4,6-7,9,15-16H,5,8H2,1-3H3. The Labute approximate surface area is 95.7 Å². The average molecular weight is 226 g/mol. The van der Waals surface area contributed by atoms with Crippen molar-refractivity contribution >= 4 is 0 Å². The summed E-state index contributed by atoms with van der Waals surface area (Å²) in [5, 5.41) is 13.3. The van der Waals surface area contributed by atoms with Crippen molar-refractivity contribution in [2.45, 2.75) is 26.4 Å². The van der Waals surface area contributed by atoms with Crippen LogP contribution in [-0.2, 0) is 5.60 Å². The van der Waals surface area contributed by atoms with Gasteiger partial charge in [0.1, 0.15) is 11.4 Å². The summed E-state index contributed by atoms with van der Waals surface area (Å²) >= 11 is 0. The molecule has 0 saturated carbocycles. The minimum atomic E-state index is -1.09. The maximum Gasteiger partial charge on any atom is 0.141 e. The predicted molar refractivity (Wildman–Crippen MR) is 61.5 cm³/mol. The second kappa shape index (κ2) is 5.37. The van der Waals surface area contributed by atoms with Crippen molar-refractivity contribution in [2.75, 3.05) is 13.1 Å². The van der Waals surface area contributed by atoms with Crippen molar-refractivity contribution < 1.29 is 9.50 Å². The summed E-state index contributed by atoms with van der Waals surface area (Å²) in [7, 11) is 0. The van der Waals surface area contributed by atoms with E-state index in [1.165, 1.54) is 12.3 Å². The molecule has 1 aromatic heterocycles. The highest BCUT2D eigenvalue weighted by Crippen LogP contribution is 2.19. The smallest absolute Gasteiger partial charge is 0.141 e. The van der Waals surface area contributed by atoms with Crippen LogP contribution >= 0.6 is 0 Å². The van der Waals surface area contributed by atoms with Gasteiger partial charge in [-0.3, -0.25) is 4.98 Å². The van der Waals surface area contributed by atoms with Crippen molar-refractivity contribution in [3.63, 3.8) is 0 Å². The molecule has 0 aliphatic rings. The van der Waals surface area contributed by atoms with Crippen molar-refractivity contribution in [1.82, 2.24) is 10.3 Å². The molecule has 2 N–H and O–H groups in total. The third-order valence-electron chi connectivity index (χ3n) is 2.35. The fourth-order valence-corrected chi connectivity index (χ4v) is 1.41.